The Labute approximate surface area is 115 Å². The van der Waals surface area contributed by atoms with E-state index in [0.29, 0.717) is 4.90 Å². The van der Waals surface area contributed by atoms with Crippen LogP contribution in [0.1, 0.15) is 5.69 Å². The van der Waals surface area contributed by atoms with Gasteiger partial charge < -0.3 is 0 Å². The van der Waals surface area contributed by atoms with E-state index in [1.807, 2.05) is 17.5 Å². The predicted octanol–water partition coefficient (Wildman–Crippen LogP) is 2.77. The van der Waals surface area contributed by atoms with Gasteiger partial charge in [-0.3, -0.25) is 4.40 Å². The summed E-state index contributed by atoms with van der Waals surface area (Å²) in [4.78, 5) is 5.80. The molecule has 98 valence electrons. The SMILES string of the molecule is Cc1csc2nc(-c3ccc(S(C)(=O)=O)cc3)cn12. The van der Waals surface area contributed by atoms with Gasteiger partial charge in [-0.05, 0) is 19.1 Å². The molecule has 3 rings (SSSR count). The third kappa shape index (κ3) is 2.17. The highest BCUT2D eigenvalue weighted by Gasteiger charge is 2.10. The number of hydrogen-bond acceptors (Lipinski definition) is 4. The van der Waals surface area contributed by atoms with Crippen LogP contribution < -0.4 is 0 Å². The van der Waals surface area contributed by atoms with Crippen LogP contribution in [0.5, 0.6) is 0 Å². The maximum Gasteiger partial charge on any atom is 0.194 e. The highest BCUT2D eigenvalue weighted by molar-refractivity contribution is 7.90. The summed E-state index contributed by atoms with van der Waals surface area (Å²) in [5.74, 6) is 0. The van der Waals surface area contributed by atoms with Gasteiger partial charge in [-0.1, -0.05) is 12.1 Å². The number of nitrogens with zero attached hydrogens (tertiary/aromatic N) is 2. The summed E-state index contributed by atoms with van der Waals surface area (Å²) >= 11 is 1.59. The first kappa shape index (κ1) is 12.4. The fourth-order valence-electron chi connectivity index (χ4n) is 1.91. The largest absolute Gasteiger partial charge is 0.294 e. The van der Waals surface area contributed by atoms with Crippen LogP contribution in [0, 0.1) is 6.92 Å². The molecule has 6 heteroatoms. The molecule has 0 saturated carbocycles. The first-order valence-electron chi connectivity index (χ1n) is 5.69. The number of aryl methyl sites for hydroxylation is 1. The number of fused-ring (bicyclic) bond motifs is 1. The summed E-state index contributed by atoms with van der Waals surface area (Å²) in [7, 11) is -3.15. The highest BCUT2D eigenvalue weighted by atomic mass is 32.2. The highest BCUT2D eigenvalue weighted by Crippen LogP contribution is 2.24. The van der Waals surface area contributed by atoms with E-state index in [2.05, 4.69) is 10.4 Å². The third-order valence-electron chi connectivity index (χ3n) is 2.97. The average Bonchev–Trinajstić information content (AvgIpc) is 2.91. The van der Waals surface area contributed by atoms with E-state index in [0.717, 1.165) is 21.9 Å². The summed E-state index contributed by atoms with van der Waals surface area (Å²) in [6, 6.07) is 6.81. The molecule has 19 heavy (non-hydrogen) atoms. The summed E-state index contributed by atoms with van der Waals surface area (Å²) in [6.07, 6.45) is 3.18. The van der Waals surface area contributed by atoms with Gasteiger partial charge in [-0.25, -0.2) is 13.4 Å². The fraction of sp³-hybridized carbons (Fsp3) is 0.154. The molecule has 0 aliphatic carbocycles. The van der Waals surface area contributed by atoms with Crippen molar-refractivity contribution in [2.24, 2.45) is 0 Å². The van der Waals surface area contributed by atoms with Crippen molar-refractivity contribution in [2.45, 2.75) is 11.8 Å². The smallest absolute Gasteiger partial charge is 0.194 e. The van der Waals surface area contributed by atoms with E-state index in [1.165, 1.54) is 6.26 Å². The minimum Gasteiger partial charge on any atom is -0.294 e. The minimum absolute atomic E-state index is 0.327. The molecule has 1 aromatic carbocycles. The van der Waals surface area contributed by atoms with Crippen LogP contribution in [0.25, 0.3) is 16.2 Å². The molecule has 0 N–H and O–H groups in total. The average molecular weight is 292 g/mol. The number of hydrogen-bond donors (Lipinski definition) is 0. The summed E-state index contributed by atoms with van der Waals surface area (Å²) in [5, 5.41) is 2.05. The normalized spacial score (nSPS) is 12.1. The molecule has 4 nitrogen and oxygen atoms in total. The van der Waals surface area contributed by atoms with Crippen LogP contribution in [-0.2, 0) is 9.84 Å². The van der Waals surface area contributed by atoms with Gasteiger partial charge in [0.25, 0.3) is 0 Å². The first-order chi connectivity index (χ1) is 8.95. The van der Waals surface area contributed by atoms with Crippen molar-refractivity contribution in [1.82, 2.24) is 9.38 Å². The van der Waals surface area contributed by atoms with Crippen molar-refractivity contribution in [1.29, 1.82) is 0 Å². The van der Waals surface area contributed by atoms with Crippen molar-refractivity contribution < 1.29 is 8.42 Å². The number of imidazole rings is 1. The molecule has 0 fully saturated rings. The molecule has 0 saturated heterocycles. The molecule has 0 unspecified atom stereocenters. The minimum atomic E-state index is -3.15. The van der Waals surface area contributed by atoms with Gasteiger partial charge in [0.1, 0.15) is 0 Å². The van der Waals surface area contributed by atoms with Crippen LogP contribution in [0.3, 0.4) is 0 Å². The summed E-state index contributed by atoms with van der Waals surface area (Å²) < 4.78 is 24.8. The molecule has 0 radical (unpaired) electrons. The van der Waals surface area contributed by atoms with E-state index in [4.69, 9.17) is 0 Å². The number of rotatable bonds is 2. The van der Waals surface area contributed by atoms with E-state index in [1.54, 1.807) is 35.6 Å². The lowest BCUT2D eigenvalue weighted by molar-refractivity contribution is 0.602. The van der Waals surface area contributed by atoms with Crippen molar-refractivity contribution >= 4 is 26.1 Å². The lowest BCUT2D eigenvalue weighted by atomic mass is 10.2. The second-order valence-electron chi connectivity index (χ2n) is 4.45. The monoisotopic (exact) mass is 292 g/mol. The zero-order valence-corrected chi connectivity index (χ0v) is 12.1. The Morgan fingerprint density at radius 3 is 2.47 bits per heavy atom. The number of sulfone groups is 1. The molecule has 3 aromatic rings. The van der Waals surface area contributed by atoms with Crippen LogP contribution in [0.2, 0.25) is 0 Å². The molecule has 0 spiro atoms. The summed E-state index contributed by atoms with van der Waals surface area (Å²) in [6.45, 7) is 2.03. The topological polar surface area (TPSA) is 51.4 Å². The Hall–Kier alpha value is -1.66. The maximum absolute atomic E-state index is 11.4. The molecule has 0 aliphatic rings. The van der Waals surface area contributed by atoms with Gasteiger partial charge in [0.2, 0.25) is 0 Å². The zero-order valence-electron chi connectivity index (χ0n) is 10.5. The Morgan fingerprint density at radius 1 is 1.21 bits per heavy atom. The van der Waals surface area contributed by atoms with Crippen molar-refractivity contribution in [3.8, 4) is 11.3 Å². The van der Waals surface area contributed by atoms with Gasteiger partial charge >= 0.3 is 0 Å². The van der Waals surface area contributed by atoms with Crippen molar-refractivity contribution in [3.05, 3.63) is 41.5 Å². The summed E-state index contributed by atoms with van der Waals surface area (Å²) in [5.41, 5.74) is 2.92. The Kier molecular flexibility index (Phi) is 2.72. The molecule has 0 bridgehead atoms. The van der Waals surface area contributed by atoms with E-state index in [-0.39, 0.29) is 0 Å². The molecule has 0 atom stereocenters. The Balaban J connectivity index is 2.06. The van der Waals surface area contributed by atoms with Crippen LogP contribution in [-0.4, -0.2) is 24.1 Å². The van der Waals surface area contributed by atoms with Gasteiger partial charge in [0.05, 0.1) is 10.6 Å². The standard InChI is InChI=1S/C13H12N2O2S2/c1-9-8-18-13-14-12(7-15(9)13)10-3-5-11(6-4-10)19(2,16)17/h3-8H,1-2H3. The lowest BCUT2D eigenvalue weighted by Crippen LogP contribution is -1.96. The Bertz CT molecular complexity index is 843. The number of thiazole rings is 1. The predicted molar refractivity (Wildman–Crippen MR) is 76.4 cm³/mol. The third-order valence-corrected chi connectivity index (χ3v) is 5.05. The molecule has 0 amide bonds. The van der Waals surface area contributed by atoms with Gasteiger partial charge in [0.15, 0.2) is 14.8 Å². The Morgan fingerprint density at radius 2 is 1.89 bits per heavy atom. The molecular formula is C13H12N2O2S2. The number of benzene rings is 1. The zero-order chi connectivity index (χ0) is 13.6. The second kappa shape index (κ2) is 4.18. The molecular weight excluding hydrogens is 280 g/mol. The molecule has 0 aliphatic heterocycles. The van der Waals surface area contributed by atoms with Gasteiger partial charge in [-0.2, -0.15) is 0 Å². The van der Waals surface area contributed by atoms with Crippen molar-refractivity contribution in [2.75, 3.05) is 6.26 Å². The van der Waals surface area contributed by atoms with Gasteiger partial charge in [0, 0.05) is 29.1 Å². The van der Waals surface area contributed by atoms with Crippen molar-refractivity contribution in [3.63, 3.8) is 0 Å². The number of aromatic nitrogens is 2. The van der Waals surface area contributed by atoms with E-state index < -0.39 is 9.84 Å². The van der Waals surface area contributed by atoms with Crippen LogP contribution in [0.15, 0.2) is 40.7 Å². The quantitative estimate of drug-likeness (QED) is 0.730. The molecule has 2 heterocycles. The van der Waals surface area contributed by atoms with E-state index in [9.17, 15) is 8.42 Å². The van der Waals surface area contributed by atoms with Gasteiger partial charge in [-0.15, -0.1) is 11.3 Å². The van der Waals surface area contributed by atoms with E-state index >= 15 is 0 Å². The lowest BCUT2D eigenvalue weighted by Gasteiger charge is -1.99. The first-order valence-corrected chi connectivity index (χ1v) is 8.46. The second-order valence-corrected chi connectivity index (χ2v) is 7.30. The van der Waals surface area contributed by atoms with Crippen LogP contribution in [0.4, 0.5) is 0 Å². The van der Waals surface area contributed by atoms with Crippen LogP contribution >= 0.6 is 11.3 Å². The fourth-order valence-corrected chi connectivity index (χ4v) is 3.39. The molecule has 2 aromatic heterocycles. The maximum atomic E-state index is 11.4.